The second-order valence-electron chi connectivity index (χ2n) is 6.74. The average Bonchev–Trinajstić information content (AvgIpc) is 3.30. The molecule has 2 aliphatic rings. The van der Waals surface area contributed by atoms with Gasteiger partial charge in [-0.05, 0) is 31.4 Å². The maximum atomic E-state index is 12.9. The Kier molecular flexibility index (Phi) is 3.51. The third-order valence-electron chi connectivity index (χ3n) is 5.26. The van der Waals surface area contributed by atoms with Gasteiger partial charge in [-0.25, -0.2) is 9.50 Å². The van der Waals surface area contributed by atoms with E-state index in [0.29, 0.717) is 24.4 Å². The van der Waals surface area contributed by atoms with Crippen molar-refractivity contribution < 1.29 is 9.59 Å². The molecule has 0 radical (unpaired) electrons. The second kappa shape index (κ2) is 5.58. The van der Waals surface area contributed by atoms with Gasteiger partial charge in [-0.3, -0.25) is 9.59 Å². The summed E-state index contributed by atoms with van der Waals surface area (Å²) in [7, 11) is 0. The molecule has 0 saturated carbocycles. The summed E-state index contributed by atoms with van der Waals surface area (Å²) in [5.41, 5.74) is 0.778. The summed E-state index contributed by atoms with van der Waals surface area (Å²) in [6, 6.07) is 5.39. The van der Waals surface area contributed by atoms with Crippen LogP contribution < -0.4 is 0 Å². The van der Waals surface area contributed by atoms with E-state index >= 15 is 0 Å². The molecule has 0 aromatic carbocycles. The molecular weight excluding hydrogens is 306 g/mol. The number of carbonyl (C=O) groups excluding carboxylic acids is 2. The zero-order valence-corrected chi connectivity index (χ0v) is 13.8. The van der Waals surface area contributed by atoms with Gasteiger partial charge in [0.1, 0.15) is 12.0 Å². The van der Waals surface area contributed by atoms with Crippen molar-refractivity contribution in [3.05, 3.63) is 30.2 Å². The monoisotopic (exact) mass is 327 g/mol. The van der Waals surface area contributed by atoms with Crippen LogP contribution in [0, 0.1) is 5.41 Å². The van der Waals surface area contributed by atoms with Gasteiger partial charge in [0.15, 0.2) is 5.65 Å². The highest BCUT2D eigenvalue weighted by Crippen LogP contribution is 2.41. The fourth-order valence-electron chi connectivity index (χ4n) is 3.97. The molecule has 1 atom stereocenters. The van der Waals surface area contributed by atoms with Crippen LogP contribution in [0.15, 0.2) is 24.5 Å². The maximum absolute atomic E-state index is 12.9. The SMILES string of the molecule is CCCN1CCC2(CCN(C(=O)c3cccc4ncnn34)C2)C1=O. The van der Waals surface area contributed by atoms with Crippen molar-refractivity contribution in [1.29, 1.82) is 0 Å². The predicted octanol–water partition coefficient (Wildman–Crippen LogP) is 1.20. The van der Waals surface area contributed by atoms with Crippen molar-refractivity contribution in [3.63, 3.8) is 0 Å². The summed E-state index contributed by atoms with van der Waals surface area (Å²) in [5, 5.41) is 4.13. The number of nitrogens with zero attached hydrogens (tertiary/aromatic N) is 5. The molecule has 126 valence electrons. The molecular formula is C17H21N5O2. The van der Waals surface area contributed by atoms with Crippen LogP contribution in [0.3, 0.4) is 0 Å². The number of amides is 2. The molecule has 2 fully saturated rings. The van der Waals surface area contributed by atoms with Crippen LogP contribution in [0.5, 0.6) is 0 Å². The van der Waals surface area contributed by atoms with Gasteiger partial charge in [0.25, 0.3) is 5.91 Å². The largest absolute Gasteiger partial charge is 0.342 e. The first-order valence-corrected chi connectivity index (χ1v) is 8.52. The van der Waals surface area contributed by atoms with E-state index in [9.17, 15) is 9.59 Å². The van der Waals surface area contributed by atoms with E-state index in [-0.39, 0.29) is 17.2 Å². The molecule has 1 spiro atoms. The Labute approximate surface area is 140 Å². The van der Waals surface area contributed by atoms with Crippen molar-refractivity contribution >= 4 is 17.5 Å². The Morgan fingerprint density at radius 3 is 2.96 bits per heavy atom. The zero-order valence-electron chi connectivity index (χ0n) is 13.8. The summed E-state index contributed by atoms with van der Waals surface area (Å²) in [5.74, 6) is 0.142. The zero-order chi connectivity index (χ0) is 16.7. The molecule has 2 amide bonds. The first kappa shape index (κ1) is 15.1. The van der Waals surface area contributed by atoms with Gasteiger partial charge >= 0.3 is 0 Å². The minimum atomic E-state index is -0.374. The van der Waals surface area contributed by atoms with Crippen LogP contribution in [-0.4, -0.2) is 62.4 Å². The standard InChI is InChI=1S/C17H21N5O2/c1-2-8-20-9-6-17(16(20)24)7-10-21(11-17)15(23)13-4-3-5-14-18-12-19-22(13)14/h3-5,12H,2,6-11H2,1H3. The van der Waals surface area contributed by atoms with Gasteiger partial charge in [-0.15, -0.1) is 0 Å². The van der Waals surface area contributed by atoms with E-state index < -0.39 is 0 Å². The molecule has 0 aliphatic carbocycles. The minimum absolute atomic E-state index is 0.0790. The third kappa shape index (κ3) is 2.18. The Balaban J connectivity index is 1.56. The Morgan fingerprint density at radius 2 is 2.12 bits per heavy atom. The fourth-order valence-corrected chi connectivity index (χ4v) is 3.97. The van der Waals surface area contributed by atoms with Crippen molar-refractivity contribution in [2.24, 2.45) is 5.41 Å². The first-order chi connectivity index (χ1) is 11.6. The molecule has 4 rings (SSSR count). The Morgan fingerprint density at radius 1 is 1.29 bits per heavy atom. The number of carbonyl (C=O) groups is 2. The number of fused-ring (bicyclic) bond motifs is 1. The van der Waals surface area contributed by atoms with Crippen LogP contribution in [0.25, 0.3) is 5.65 Å². The second-order valence-corrected chi connectivity index (χ2v) is 6.74. The molecule has 24 heavy (non-hydrogen) atoms. The van der Waals surface area contributed by atoms with E-state index in [1.165, 1.54) is 6.33 Å². The van der Waals surface area contributed by atoms with Crippen LogP contribution >= 0.6 is 0 Å². The van der Waals surface area contributed by atoms with Crippen molar-refractivity contribution in [3.8, 4) is 0 Å². The maximum Gasteiger partial charge on any atom is 0.272 e. The van der Waals surface area contributed by atoms with Gasteiger partial charge in [-0.1, -0.05) is 13.0 Å². The van der Waals surface area contributed by atoms with Gasteiger partial charge in [0.05, 0.1) is 5.41 Å². The van der Waals surface area contributed by atoms with Crippen LogP contribution in [-0.2, 0) is 4.79 Å². The fraction of sp³-hybridized carbons (Fsp3) is 0.529. The third-order valence-corrected chi connectivity index (χ3v) is 5.26. The van der Waals surface area contributed by atoms with Crippen LogP contribution in [0.1, 0.15) is 36.7 Å². The smallest absolute Gasteiger partial charge is 0.272 e. The summed E-state index contributed by atoms with van der Waals surface area (Å²) in [6.07, 6.45) is 4.02. The minimum Gasteiger partial charge on any atom is -0.342 e. The van der Waals surface area contributed by atoms with Gasteiger partial charge in [-0.2, -0.15) is 5.10 Å². The van der Waals surface area contributed by atoms with Crippen LogP contribution in [0.4, 0.5) is 0 Å². The normalized spacial score (nSPS) is 23.8. The van der Waals surface area contributed by atoms with Gasteiger partial charge in [0.2, 0.25) is 5.91 Å². The summed E-state index contributed by atoms with van der Waals surface area (Å²) >= 11 is 0. The predicted molar refractivity (Wildman–Crippen MR) is 87.4 cm³/mol. The summed E-state index contributed by atoms with van der Waals surface area (Å²) in [4.78, 5) is 33.5. The lowest BCUT2D eigenvalue weighted by Gasteiger charge is -2.23. The molecule has 0 N–H and O–H groups in total. The molecule has 7 heteroatoms. The molecule has 2 aliphatic heterocycles. The highest BCUT2D eigenvalue weighted by molar-refractivity contribution is 5.94. The molecule has 2 aromatic heterocycles. The average molecular weight is 327 g/mol. The van der Waals surface area contributed by atoms with E-state index in [0.717, 1.165) is 32.4 Å². The highest BCUT2D eigenvalue weighted by Gasteiger charge is 2.51. The quantitative estimate of drug-likeness (QED) is 0.849. The number of rotatable bonds is 3. The summed E-state index contributed by atoms with van der Waals surface area (Å²) < 4.78 is 1.56. The molecule has 7 nitrogen and oxygen atoms in total. The van der Waals surface area contributed by atoms with E-state index in [2.05, 4.69) is 17.0 Å². The Bertz CT molecular complexity index is 801. The van der Waals surface area contributed by atoms with Gasteiger partial charge < -0.3 is 9.80 Å². The molecule has 2 saturated heterocycles. The van der Waals surface area contributed by atoms with Crippen molar-refractivity contribution in [2.75, 3.05) is 26.2 Å². The molecule has 2 aromatic rings. The number of hydrogen-bond acceptors (Lipinski definition) is 4. The number of likely N-dealkylation sites (tertiary alicyclic amines) is 2. The highest BCUT2D eigenvalue weighted by atomic mass is 16.2. The number of hydrogen-bond donors (Lipinski definition) is 0. The van der Waals surface area contributed by atoms with E-state index in [1.807, 2.05) is 17.0 Å². The van der Waals surface area contributed by atoms with Crippen LogP contribution in [0.2, 0.25) is 0 Å². The van der Waals surface area contributed by atoms with E-state index in [1.54, 1.807) is 15.5 Å². The van der Waals surface area contributed by atoms with Crippen molar-refractivity contribution in [2.45, 2.75) is 26.2 Å². The molecule has 1 unspecified atom stereocenters. The lowest BCUT2D eigenvalue weighted by atomic mass is 9.85. The van der Waals surface area contributed by atoms with E-state index in [4.69, 9.17) is 0 Å². The lowest BCUT2D eigenvalue weighted by Crippen LogP contribution is -2.38. The lowest BCUT2D eigenvalue weighted by molar-refractivity contribution is -0.135. The number of aromatic nitrogens is 3. The Hall–Kier alpha value is -2.44. The summed E-state index contributed by atoms with van der Waals surface area (Å²) in [6.45, 7) is 4.84. The number of pyridine rings is 1. The molecule has 0 bridgehead atoms. The van der Waals surface area contributed by atoms with Crippen molar-refractivity contribution in [1.82, 2.24) is 24.4 Å². The topological polar surface area (TPSA) is 70.8 Å². The first-order valence-electron chi connectivity index (χ1n) is 8.52. The molecule has 4 heterocycles. The van der Waals surface area contributed by atoms with Gasteiger partial charge in [0, 0.05) is 26.2 Å².